The van der Waals surface area contributed by atoms with E-state index in [9.17, 15) is 9.50 Å². The molecule has 3 nitrogen and oxygen atoms in total. The normalized spacial score (nSPS) is 17.6. The van der Waals surface area contributed by atoms with Crippen molar-refractivity contribution in [2.75, 3.05) is 0 Å². The highest BCUT2D eigenvalue weighted by atomic mass is 19.1. The summed E-state index contributed by atoms with van der Waals surface area (Å²) in [4.78, 5) is 0. The summed E-state index contributed by atoms with van der Waals surface area (Å²) >= 11 is 0. The molecule has 1 heterocycles. The van der Waals surface area contributed by atoms with Crippen molar-refractivity contribution in [2.24, 2.45) is 0 Å². The van der Waals surface area contributed by atoms with Gasteiger partial charge >= 0.3 is 0 Å². The highest BCUT2D eigenvalue weighted by Gasteiger charge is 2.31. The standard InChI is InChI=1S/C15H10FNO2/c16-9-5-6-14-12(7-9)10-3-1-2-4-11(10)15(19-14)13(18)8-17/h1-7,13,15,18H. The molecule has 2 aromatic carbocycles. The zero-order valence-electron chi connectivity index (χ0n) is 9.88. The monoisotopic (exact) mass is 255 g/mol. The molecule has 94 valence electrons. The lowest BCUT2D eigenvalue weighted by atomic mass is 9.91. The first kappa shape index (κ1) is 11.7. The first-order valence-electron chi connectivity index (χ1n) is 5.84. The smallest absolute Gasteiger partial charge is 0.181 e. The van der Waals surface area contributed by atoms with Gasteiger partial charge in [-0.15, -0.1) is 0 Å². The molecule has 0 saturated carbocycles. The highest BCUT2D eigenvalue weighted by Crippen LogP contribution is 2.43. The topological polar surface area (TPSA) is 53.2 Å². The molecular formula is C15H10FNO2. The van der Waals surface area contributed by atoms with E-state index in [4.69, 9.17) is 10.00 Å². The predicted molar refractivity (Wildman–Crippen MR) is 66.8 cm³/mol. The Bertz CT molecular complexity index is 678. The summed E-state index contributed by atoms with van der Waals surface area (Å²) in [6.45, 7) is 0. The maximum atomic E-state index is 13.4. The third kappa shape index (κ3) is 1.85. The Morgan fingerprint density at radius 3 is 2.79 bits per heavy atom. The molecule has 1 aliphatic rings. The summed E-state index contributed by atoms with van der Waals surface area (Å²) in [6, 6.07) is 13.2. The molecule has 0 saturated heterocycles. The van der Waals surface area contributed by atoms with Crippen LogP contribution in [0.2, 0.25) is 0 Å². The number of aliphatic hydroxyl groups is 1. The molecule has 2 unspecified atom stereocenters. The molecular weight excluding hydrogens is 245 g/mol. The van der Waals surface area contributed by atoms with Crippen molar-refractivity contribution in [3.63, 3.8) is 0 Å². The molecule has 1 N–H and O–H groups in total. The summed E-state index contributed by atoms with van der Waals surface area (Å²) in [5.74, 6) is 0.121. The maximum Gasteiger partial charge on any atom is 0.181 e. The van der Waals surface area contributed by atoms with Crippen LogP contribution in [0.15, 0.2) is 42.5 Å². The minimum atomic E-state index is -1.26. The van der Waals surface area contributed by atoms with Crippen LogP contribution in [0, 0.1) is 17.1 Å². The van der Waals surface area contributed by atoms with E-state index in [1.54, 1.807) is 18.2 Å². The van der Waals surface area contributed by atoms with Gasteiger partial charge in [0.1, 0.15) is 11.6 Å². The van der Waals surface area contributed by atoms with E-state index in [-0.39, 0.29) is 5.82 Å². The van der Waals surface area contributed by atoms with Gasteiger partial charge in [-0.3, -0.25) is 0 Å². The van der Waals surface area contributed by atoms with Crippen LogP contribution in [0.25, 0.3) is 11.1 Å². The van der Waals surface area contributed by atoms with E-state index in [0.717, 1.165) is 5.56 Å². The minimum Gasteiger partial charge on any atom is -0.481 e. The van der Waals surface area contributed by atoms with E-state index < -0.39 is 12.2 Å². The number of nitriles is 1. The Labute approximate surface area is 109 Å². The molecule has 2 atom stereocenters. The summed E-state index contributed by atoms with van der Waals surface area (Å²) in [7, 11) is 0. The number of ether oxygens (including phenoxy) is 1. The summed E-state index contributed by atoms with van der Waals surface area (Å²) < 4.78 is 19.0. The van der Waals surface area contributed by atoms with Gasteiger partial charge in [0.15, 0.2) is 12.2 Å². The third-order valence-corrected chi connectivity index (χ3v) is 3.17. The fraction of sp³-hybridized carbons (Fsp3) is 0.133. The van der Waals surface area contributed by atoms with E-state index in [0.29, 0.717) is 16.9 Å². The number of halogens is 1. The largest absolute Gasteiger partial charge is 0.481 e. The lowest BCUT2D eigenvalue weighted by Gasteiger charge is -2.29. The van der Waals surface area contributed by atoms with Gasteiger partial charge in [0.05, 0.1) is 6.07 Å². The van der Waals surface area contributed by atoms with Gasteiger partial charge in [0, 0.05) is 11.1 Å². The van der Waals surface area contributed by atoms with Crippen molar-refractivity contribution in [2.45, 2.75) is 12.2 Å². The molecule has 0 bridgehead atoms. The molecule has 0 aliphatic carbocycles. The number of rotatable bonds is 1. The van der Waals surface area contributed by atoms with Gasteiger partial charge < -0.3 is 9.84 Å². The summed E-state index contributed by atoms with van der Waals surface area (Å²) in [5, 5.41) is 18.6. The average Bonchev–Trinajstić information content (AvgIpc) is 2.46. The van der Waals surface area contributed by atoms with Crippen LogP contribution in [-0.4, -0.2) is 11.2 Å². The van der Waals surface area contributed by atoms with Crippen LogP contribution in [0.5, 0.6) is 5.75 Å². The van der Waals surface area contributed by atoms with Crippen molar-refractivity contribution in [3.8, 4) is 22.9 Å². The van der Waals surface area contributed by atoms with Crippen molar-refractivity contribution in [1.82, 2.24) is 0 Å². The van der Waals surface area contributed by atoms with E-state index in [2.05, 4.69) is 0 Å². The second kappa shape index (κ2) is 4.38. The lowest BCUT2D eigenvalue weighted by molar-refractivity contribution is 0.0696. The number of hydrogen-bond donors (Lipinski definition) is 1. The number of hydrogen-bond acceptors (Lipinski definition) is 3. The molecule has 0 spiro atoms. The molecule has 19 heavy (non-hydrogen) atoms. The maximum absolute atomic E-state index is 13.4. The molecule has 0 fully saturated rings. The molecule has 0 amide bonds. The molecule has 3 rings (SSSR count). The molecule has 2 aromatic rings. The average molecular weight is 255 g/mol. The van der Waals surface area contributed by atoms with Crippen LogP contribution in [0.3, 0.4) is 0 Å². The highest BCUT2D eigenvalue weighted by molar-refractivity contribution is 5.76. The number of benzene rings is 2. The number of nitrogens with zero attached hydrogens (tertiary/aromatic N) is 1. The Morgan fingerprint density at radius 2 is 2.00 bits per heavy atom. The lowest BCUT2D eigenvalue weighted by Crippen LogP contribution is -2.25. The molecule has 1 aliphatic heterocycles. The number of fused-ring (bicyclic) bond motifs is 3. The fourth-order valence-corrected chi connectivity index (χ4v) is 2.31. The van der Waals surface area contributed by atoms with Crippen LogP contribution < -0.4 is 4.74 Å². The Balaban J connectivity index is 2.21. The van der Waals surface area contributed by atoms with Gasteiger partial charge in [-0.25, -0.2) is 4.39 Å². The first-order valence-corrected chi connectivity index (χ1v) is 5.84. The second-order valence-electron chi connectivity index (χ2n) is 4.34. The molecule has 0 aromatic heterocycles. The van der Waals surface area contributed by atoms with Crippen LogP contribution >= 0.6 is 0 Å². The summed E-state index contributed by atoms with van der Waals surface area (Å²) in [6.07, 6.45) is -2.02. The van der Waals surface area contributed by atoms with Crippen LogP contribution in [0.1, 0.15) is 11.7 Å². The summed E-state index contributed by atoms with van der Waals surface area (Å²) in [5.41, 5.74) is 2.11. The zero-order chi connectivity index (χ0) is 13.4. The predicted octanol–water partition coefficient (Wildman–Crippen LogP) is 2.81. The SMILES string of the molecule is N#CC(O)C1Oc2ccc(F)cc2-c2ccccc21. The van der Waals surface area contributed by atoms with Crippen molar-refractivity contribution < 1.29 is 14.2 Å². The third-order valence-electron chi connectivity index (χ3n) is 3.17. The van der Waals surface area contributed by atoms with Gasteiger partial charge in [-0.05, 0) is 23.8 Å². The van der Waals surface area contributed by atoms with Gasteiger partial charge in [0.2, 0.25) is 0 Å². The fourth-order valence-electron chi connectivity index (χ4n) is 2.31. The number of aliphatic hydroxyl groups excluding tert-OH is 1. The minimum absolute atomic E-state index is 0.351. The van der Waals surface area contributed by atoms with E-state index >= 15 is 0 Å². The van der Waals surface area contributed by atoms with E-state index in [1.165, 1.54) is 18.2 Å². The van der Waals surface area contributed by atoms with Crippen molar-refractivity contribution >= 4 is 0 Å². The first-order chi connectivity index (χ1) is 9.20. The van der Waals surface area contributed by atoms with Crippen LogP contribution in [-0.2, 0) is 0 Å². The zero-order valence-corrected chi connectivity index (χ0v) is 9.88. The molecule has 4 heteroatoms. The van der Waals surface area contributed by atoms with Gasteiger partial charge in [-0.1, -0.05) is 24.3 Å². The Hall–Kier alpha value is -2.38. The van der Waals surface area contributed by atoms with Crippen molar-refractivity contribution in [1.29, 1.82) is 5.26 Å². The Morgan fingerprint density at radius 1 is 1.21 bits per heavy atom. The van der Waals surface area contributed by atoms with Crippen molar-refractivity contribution in [3.05, 3.63) is 53.8 Å². The molecule has 0 radical (unpaired) electrons. The Kier molecular flexibility index (Phi) is 2.69. The van der Waals surface area contributed by atoms with Gasteiger partial charge in [0.25, 0.3) is 0 Å². The van der Waals surface area contributed by atoms with Gasteiger partial charge in [-0.2, -0.15) is 5.26 Å². The quantitative estimate of drug-likeness (QED) is 0.797. The van der Waals surface area contributed by atoms with E-state index in [1.807, 2.05) is 12.1 Å². The van der Waals surface area contributed by atoms with Crippen LogP contribution in [0.4, 0.5) is 4.39 Å². The second-order valence-corrected chi connectivity index (χ2v) is 4.34.